The van der Waals surface area contributed by atoms with E-state index in [9.17, 15) is 4.79 Å². The molecule has 2 aromatic carbocycles. The summed E-state index contributed by atoms with van der Waals surface area (Å²) in [6.07, 6.45) is 0. The van der Waals surface area contributed by atoms with Crippen LogP contribution in [0.15, 0.2) is 48.5 Å². The maximum absolute atomic E-state index is 11.1. The minimum absolute atomic E-state index is 0.434. The minimum atomic E-state index is -0.463. The predicted octanol–water partition coefficient (Wildman–Crippen LogP) is 2.00. The van der Waals surface area contributed by atoms with Crippen LogP contribution < -0.4 is 16.4 Å². The molecule has 0 aliphatic rings. The summed E-state index contributed by atoms with van der Waals surface area (Å²) in [5, 5.41) is 0. The molecule has 1 amide bonds. The van der Waals surface area contributed by atoms with Crippen LogP contribution in [-0.2, 0) is 6.54 Å². The van der Waals surface area contributed by atoms with Gasteiger partial charge in [-0.2, -0.15) is 0 Å². The number of primary amides is 1. The third kappa shape index (κ3) is 3.04. The van der Waals surface area contributed by atoms with Gasteiger partial charge in [0.05, 0.1) is 0 Å². The molecule has 0 heterocycles. The average Bonchev–Trinajstić information content (AvgIpc) is 2.41. The highest BCUT2D eigenvalue weighted by Crippen LogP contribution is 2.19. The molecule has 0 saturated carbocycles. The molecule has 0 atom stereocenters. The second-order valence-electron chi connectivity index (χ2n) is 4.47. The number of rotatable bonds is 4. The lowest BCUT2D eigenvalue weighted by Gasteiger charge is -2.20. The first-order valence-electron chi connectivity index (χ1n) is 6.02. The van der Waals surface area contributed by atoms with E-state index in [1.165, 1.54) is 0 Å². The van der Waals surface area contributed by atoms with E-state index in [1.54, 1.807) is 12.1 Å². The molecule has 2 aromatic rings. The van der Waals surface area contributed by atoms with Crippen molar-refractivity contribution >= 4 is 17.3 Å². The van der Waals surface area contributed by atoms with Crippen molar-refractivity contribution in [3.63, 3.8) is 0 Å². The van der Waals surface area contributed by atoms with Crippen LogP contribution in [0.2, 0.25) is 0 Å². The summed E-state index contributed by atoms with van der Waals surface area (Å²) in [4.78, 5) is 13.2. The van der Waals surface area contributed by atoms with E-state index in [-0.39, 0.29) is 0 Å². The number of nitrogens with zero attached hydrogens (tertiary/aromatic N) is 1. The fourth-order valence-electron chi connectivity index (χ4n) is 1.92. The van der Waals surface area contributed by atoms with Gasteiger partial charge in [0.15, 0.2) is 0 Å². The third-order valence-electron chi connectivity index (χ3n) is 3.03. The molecule has 0 aromatic heterocycles. The summed E-state index contributed by atoms with van der Waals surface area (Å²) < 4.78 is 0. The van der Waals surface area contributed by atoms with Crippen molar-refractivity contribution in [3.05, 3.63) is 59.7 Å². The van der Waals surface area contributed by atoms with E-state index in [2.05, 4.69) is 4.90 Å². The van der Waals surface area contributed by atoms with Crippen LogP contribution in [-0.4, -0.2) is 13.0 Å². The van der Waals surface area contributed by atoms with Gasteiger partial charge in [0.2, 0.25) is 5.91 Å². The van der Waals surface area contributed by atoms with Gasteiger partial charge in [0, 0.05) is 30.5 Å². The molecule has 0 aliphatic heterocycles. The first-order valence-corrected chi connectivity index (χ1v) is 6.02. The summed E-state index contributed by atoms with van der Waals surface area (Å²) in [5.41, 5.74) is 14.3. The number of hydrogen-bond donors (Lipinski definition) is 2. The molecular formula is C15H17N3O. The van der Waals surface area contributed by atoms with Crippen molar-refractivity contribution < 1.29 is 4.79 Å². The Morgan fingerprint density at radius 3 is 2.42 bits per heavy atom. The number of carbonyl (C=O) groups excluding carboxylic acids is 1. The normalized spacial score (nSPS) is 10.2. The summed E-state index contributed by atoms with van der Waals surface area (Å²) in [6, 6.07) is 15.2. The molecule has 0 fully saturated rings. The first kappa shape index (κ1) is 13.0. The highest BCUT2D eigenvalue weighted by molar-refractivity contribution is 5.93. The molecule has 4 heteroatoms. The molecule has 0 saturated heterocycles. The third-order valence-corrected chi connectivity index (χ3v) is 3.03. The standard InChI is InChI=1S/C15H17N3O/c1-18(13-5-3-2-4-6-13)10-12-8-7-11(15(17)19)9-14(12)16/h2-9H,10,16H2,1H3,(H2,17,19). The van der Waals surface area contributed by atoms with Gasteiger partial charge >= 0.3 is 0 Å². The number of hydrogen-bond acceptors (Lipinski definition) is 3. The van der Waals surface area contributed by atoms with Gasteiger partial charge in [0.25, 0.3) is 0 Å². The van der Waals surface area contributed by atoms with Crippen LogP contribution in [0, 0.1) is 0 Å². The molecule has 98 valence electrons. The maximum Gasteiger partial charge on any atom is 0.248 e. The number of benzene rings is 2. The summed E-state index contributed by atoms with van der Waals surface area (Å²) >= 11 is 0. The summed E-state index contributed by atoms with van der Waals surface area (Å²) in [6.45, 7) is 0.675. The Balaban J connectivity index is 2.18. The van der Waals surface area contributed by atoms with Crippen molar-refractivity contribution in [1.29, 1.82) is 0 Å². The zero-order valence-electron chi connectivity index (χ0n) is 10.8. The van der Waals surface area contributed by atoms with Crippen molar-refractivity contribution in [2.75, 3.05) is 17.7 Å². The quantitative estimate of drug-likeness (QED) is 0.821. The average molecular weight is 255 g/mol. The summed E-state index contributed by atoms with van der Waals surface area (Å²) in [5.74, 6) is -0.463. The molecule has 0 bridgehead atoms. The lowest BCUT2D eigenvalue weighted by atomic mass is 10.1. The van der Waals surface area contributed by atoms with Crippen LogP contribution in [0.4, 0.5) is 11.4 Å². The molecule has 19 heavy (non-hydrogen) atoms. The van der Waals surface area contributed by atoms with Gasteiger partial charge < -0.3 is 16.4 Å². The topological polar surface area (TPSA) is 72.3 Å². The van der Waals surface area contributed by atoms with E-state index in [4.69, 9.17) is 11.5 Å². The van der Waals surface area contributed by atoms with Crippen molar-refractivity contribution in [2.24, 2.45) is 5.73 Å². The predicted molar refractivity (Wildman–Crippen MR) is 77.9 cm³/mol. The van der Waals surface area contributed by atoms with Gasteiger partial charge in [-0.3, -0.25) is 4.79 Å². The van der Waals surface area contributed by atoms with Crippen LogP contribution in [0.5, 0.6) is 0 Å². The Labute approximate surface area is 112 Å². The van der Waals surface area contributed by atoms with E-state index in [0.717, 1.165) is 11.3 Å². The minimum Gasteiger partial charge on any atom is -0.398 e. The first-order chi connectivity index (χ1) is 9.08. The monoisotopic (exact) mass is 255 g/mol. The van der Waals surface area contributed by atoms with Crippen molar-refractivity contribution in [2.45, 2.75) is 6.54 Å². The van der Waals surface area contributed by atoms with Crippen LogP contribution >= 0.6 is 0 Å². The molecule has 0 spiro atoms. The fourth-order valence-corrected chi connectivity index (χ4v) is 1.92. The number of para-hydroxylation sites is 1. The molecule has 0 aliphatic carbocycles. The fraction of sp³-hybridized carbons (Fsp3) is 0.133. The smallest absolute Gasteiger partial charge is 0.248 e. The van der Waals surface area contributed by atoms with Crippen LogP contribution in [0.25, 0.3) is 0 Å². The lowest BCUT2D eigenvalue weighted by molar-refractivity contribution is 0.100. The molecule has 4 nitrogen and oxygen atoms in total. The Morgan fingerprint density at radius 1 is 1.16 bits per heavy atom. The second kappa shape index (κ2) is 5.44. The van der Waals surface area contributed by atoms with E-state index in [1.807, 2.05) is 43.4 Å². The number of nitrogen functional groups attached to an aromatic ring is 1. The summed E-state index contributed by atoms with van der Waals surface area (Å²) in [7, 11) is 2.00. The van der Waals surface area contributed by atoms with Gasteiger partial charge in [-0.25, -0.2) is 0 Å². The number of anilines is 2. The van der Waals surface area contributed by atoms with E-state index < -0.39 is 5.91 Å². The second-order valence-corrected chi connectivity index (χ2v) is 4.47. The Kier molecular flexibility index (Phi) is 3.71. The Hall–Kier alpha value is -2.49. The zero-order chi connectivity index (χ0) is 13.8. The van der Waals surface area contributed by atoms with Crippen LogP contribution in [0.1, 0.15) is 15.9 Å². The lowest BCUT2D eigenvalue weighted by Crippen LogP contribution is -2.18. The molecule has 0 unspecified atom stereocenters. The van der Waals surface area contributed by atoms with Crippen molar-refractivity contribution in [3.8, 4) is 0 Å². The number of amides is 1. The van der Waals surface area contributed by atoms with Gasteiger partial charge in [-0.1, -0.05) is 24.3 Å². The number of carbonyl (C=O) groups is 1. The molecule has 2 rings (SSSR count). The Morgan fingerprint density at radius 2 is 1.84 bits per heavy atom. The van der Waals surface area contributed by atoms with Crippen LogP contribution in [0.3, 0.4) is 0 Å². The Bertz CT molecular complexity index is 581. The number of nitrogens with two attached hydrogens (primary N) is 2. The van der Waals surface area contributed by atoms with Gasteiger partial charge in [0.1, 0.15) is 0 Å². The molecule has 0 radical (unpaired) electrons. The highest BCUT2D eigenvalue weighted by Gasteiger charge is 2.07. The largest absolute Gasteiger partial charge is 0.398 e. The van der Waals surface area contributed by atoms with Gasteiger partial charge in [-0.05, 0) is 29.8 Å². The van der Waals surface area contributed by atoms with Gasteiger partial charge in [-0.15, -0.1) is 0 Å². The van der Waals surface area contributed by atoms with Crippen molar-refractivity contribution in [1.82, 2.24) is 0 Å². The van der Waals surface area contributed by atoms with E-state index in [0.29, 0.717) is 17.8 Å². The SMILES string of the molecule is CN(Cc1ccc(C(N)=O)cc1N)c1ccccc1. The maximum atomic E-state index is 11.1. The molecular weight excluding hydrogens is 238 g/mol. The highest BCUT2D eigenvalue weighted by atomic mass is 16.1. The zero-order valence-corrected chi connectivity index (χ0v) is 10.8. The molecule has 4 N–H and O–H groups in total. The van der Waals surface area contributed by atoms with E-state index >= 15 is 0 Å².